The molecule has 1 aliphatic rings. The third-order valence-electron chi connectivity index (χ3n) is 5.11. The number of hydrogen-bond donors (Lipinski definition) is 3. The summed E-state index contributed by atoms with van der Waals surface area (Å²) in [4.78, 5) is 36.5. The lowest BCUT2D eigenvalue weighted by Gasteiger charge is -2.31. The first-order valence-corrected chi connectivity index (χ1v) is 8.75. The molecule has 3 N–H and O–H groups in total. The van der Waals surface area contributed by atoms with Crippen molar-refractivity contribution in [2.45, 2.75) is 44.7 Å². The first-order chi connectivity index (χ1) is 12.3. The minimum atomic E-state index is -1.09. The normalized spacial score (nSPS) is 20.1. The van der Waals surface area contributed by atoms with Crippen molar-refractivity contribution in [3.05, 3.63) is 33.9 Å². The highest BCUT2D eigenvalue weighted by atomic mass is 16.4. The Bertz CT molecular complexity index is 927. The number of nitrogens with zero attached hydrogens (tertiary/aromatic N) is 2. The smallest absolute Gasteiger partial charge is 0.404 e. The van der Waals surface area contributed by atoms with Crippen molar-refractivity contribution in [2.75, 3.05) is 0 Å². The third kappa shape index (κ3) is 3.18. The van der Waals surface area contributed by atoms with Gasteiger partial charge in [0.1, 0.15) is 0 Å². The van der Waals surface area contributed by atoms with Crippen LogP contribution in [0, 0.1) is 6.92 Å². The van der Waals surface area contributed by atoms with Gasteiger partial charge in [-0.1, -0.05) is 12.8 Å². The lowest BCUT2D eigenvalue weighted by molar-refractivity contribution is 0.0914. The van der Waals surface area contributed by atoms with Crippen molar-refractivity contribution in [3.8, 4) is 0 Å². The van der Waals surface area contributed by atoms with Crippen LogP contribution in [-0.4, -0.2) is 38.3 Å². The standard InChI is InChI=1S/C18H24N4O4/c1-10-8-22(3)17(24)14-11(9-21(2)15(10)14)16(23)19-12-6-4-5-7-13(12)20-18(25)26/h8-9,12-13,20H,4-7H2,1-3H3,(H,19,23)(H,25,26)/t12-,13-/m1/s1. The number of carbonyl (C=O) groups excluding carboxylic acids is 1. The number of carbonyl (C=O) groups is 2. The average molecular weight is 360 g/mol. The van der Waals surface area contributed by atoms with Gasteiger partial charge in [0.2, 0.25) is 0 Å². The quantitative estimate of drug-likeness (QED) is 0.771. The lowest BCUT2D eigenvalue weighted by atomic mass is 9.90. The molecule has 1 saturated carbocycles. The van der Waals surface area contributed by atoms with Crippen LogP contribution in [0.1, 0.15) is 41.6 Å². The lowest BCUT2D eigenvalue weighted by Crippen LogP contribution is -2.53. The molecule has 0 aromatic carbocycles. The summed E-state index contributed by atoms with van der Waals surface area (Å²) < 4.78 is 3.26. The molecule has 2 aromatic rings. The number of fused-ring (bicyclic) bond motifs is 1. The molecule has 2 heterocycles. The Morgan fingerprint density at radius 3 is 2.31 bits per heavy atom. The van der Waals surface area contributed by atoms with E-state index in [4.69, 9.17) is 5.11 Å². The number of nitrogens with one attached hydrogen (secondary N) is 2. The molecule has 8 nitrogen and oxygen atoms in total. The van der Waals surface area contributed by atoms with E-state index in [1.165, 1.54) is 4.57 Å². The van der Waals surface area contributed by atoms with Crippen molar-refractivity contribution in [3.63, 3.8) is 0 Å². The second kappa shape index (κ2) is 6.86. The molecule has 1 aliphatic carbocycles. The van der Waals surface area contributed by atoms with Gasteiger partial charge in [0.15, 0.2) is 0 Å². The zero-order valence-electron chi connectivity index (χ0n) is 15.2. The fourth-order valence-corrected chi connectivity index (χ4v) is 3.96. The Kier molecular flexibility index (Phi) is 4.76. The highest BCUT2D eigenvalue weighted by molar-refractivity contribution is 6.07. The number of rotatable bonds is 3. The van der Waals surface area contributed by atoms with Crippen LogP contribution in [0.4, 0.5) is 4.79 Å². The molecule has 0 spiro atoms. The van der Waals surface area contributed by atoms with Crippen LogP contribution >= 0.6 is 0 Å². The molecule has 0 unspecified atom stereocenters. The van der Waals surface area contributed by atoms with E-state index < -0.39 is 6.09 Å². The number of pyridine rings is 1. The monoisotopic (exact) mass is 360 g/mol. The predicted molar refractivity (Wildman–Crippen MR) is 97.6 cm³/mol. The van der Waals surface area contributed by atoms with E-state index >= 15 is 0 Å². The van der Waals surface area contributed by atoms with Gasteiger partial charge in [0.05, 0.1) is 22.5 Å². The molecule has 0 saturated heterocycles. The van der Waals surface area contributed by atoms with Crippen LogP contribution in [0.3, 0.4) is 0 Å². The molecule has 0 radical (unpaired) electrons. The van der Waals surface area contributed by atoms with E-state index in [1.54, 1.807) is 31.1 Å². The molecule has 8 heteroatoms. The molecule has 26 heavy (non-hydrogen) atoms. The van der Waals surface area contributed by atoms with Gasteiger partial charge in [-0.05, 0) is 25.3 Å². The largest absolute Gasteiger partial charge is 0.465 e. The van der Waals surface area contributed by atoms with E-state index in [-0.39, 0.29) is 23.6 Å². The zero-order chi connectivity index (χ0) is 19.0. The highest BCUT2D eigenvalue weighted by Crippen LogP contribution is 2.23. The zero-order valence-corrected chi connectivity index (χ0v) is 15.2. The van der Waals surface area contributed by atoms with Crippen molar-refractivity contribution in [2.24, 2.45) is 14.1 Å². The Morgan fingerprint density at radius 2 is 1.69 bits per heavy atom. The summed E-state index contributed by atoms with van der Waals surface area (Å²) in [6.45, 7) is 1.90. The maximum absolute atomic E-state index is 12.9. The SMILES string of the molecule is Cc1cn(C)c(=O)c2c(C(=O)N[C@@H]3CCCC[C@H]3NC(=O)O)cn(C)c12. The maximum atomic E-state index is 12.9. The van der Waals surface area contributed by atoms with Crippen LogP contribution in [-0.2, 0) is 14.1 Å². The Balaban J connectivity index is 1.95. The summed E-state index contributed by atoms with van der Waals surface area (Å²) in [5.74, 6) is -0.345. The Labute approximate surface area is 150 Å². The fraction of sp³-hybridized carbons (Fsp3) is 0.500. The van der Waals surface area contributed by atoms with Crippen LogP contribution in [0.2, 0.25) is 0 Å². The molecular formula is C18H24N4O4. The summed E-state index contributed by atoms with van der Waals surface area (Å²) in [5, 5.41) is 14.8. The van der Waals surface area contributed by atoms with Crippen LogP contribution < -0.4 is 16.2 Å². The molecular weight excluding hydrogens is 336 g/mol. The summed E-state index contributed by atoms with van der Waals surface area (Å²) in [7, 11) is 3.47. The summed E-state index contributed by atoms with van der Waals surface area (Å²) in [6.07, 6.45) is 5.57. The average Bonchev–Trinajstić information content (AvgIpc) is 2.92. The predicted octanol–water partition coefficient (Wildman–Crippen LogP) is 1.49. The summed E-state index contributed by atoms with van der Waals surface area (Å²) >= 11 is 0. The van der Waals surface area contributed by atoms with Crippen LogP contribution in [0.5, 0.6) is 0 Å². The number of amides is 2. The van der Waals surface area contributed by atoms with E-state index in [0.29, 0.717) is 23.8 Å². The van der Waals surface area contributed by atoms with Gasteiger partial charge in [0, 0.05) is 32.5 Å². The van der Waals surface area contributed by atoms with Gasteiger partial charge >= 0.3 is 6.09 Å². The second-order valence-corrected chi connectivity index (χ2v) is 7.03. The molecule has 2 aromatic heterocycles. The first kappa shape index (κ1) is 18.0. The van der Waals surface area contributed by atoms with Gasteiger partial charge in [-0.3, -0.25) is 9.59 Å². The van der Waals surface area contributed by atoms with Gasteiger partial charge in [-0.25, -0.2) is 4.79 Å². The Morgan fingerprint density at radius 1 is 1.08 bits per heavy atom. The van der Waals surface area contributed by atoms with Crippen molar-refractivity contribution < 1.29 is 14.7 Å². The molecule has 2 atom stereocenters. The van der Waals surface area contributed by atoms with Crippen LogP contribution in [0.15, 0.2) is 17.2 Å². The minimum Gasteiger partial charge on any atom is -0.465 e. The van der Waals surface area contributed by atoms with Gasteiger partial charge < -0.3 is 24.9 Å². The maximum Gasteiger partial charge on any atom is 0.404 e. The molecule has 140 valence electrons. The molecule has 2 amide bonds. The first-order valence-electron chi connectivity index (χ1n) is 8.75. The molecule has 3 rings (SSSR count). The third-order valence-corrected chi connectivity index (χ3v) is 5.11. The second-order valence-electron chi connectivity index (χ2n) is 7.03. The number of hydrogen-bond acceptors (Lipinski definition) is 3. The molecule has 0 aliphatic heterocycles. The Hall–Kier alpha value is -2.77. The van der Waals surface area contributed by atoms with E-state index in [1.807, 2.05) is 6.92 Å². The summed E-state index contributed by atoms with van der Waals surface area (Å²) in [6, 6.07) is -0.596. The molecule has 1 fully saturated rings. The highest BCUT2D eigenvalue weighted by Gasteiger charge is 2.29. The molecule has 0 bridgehead atoms. The number of aromatic nitrogens is 2. The summed E-state index contributed by atoms with van der Waals surface area (Å²) in [5.41, 5.74) is 1.75. The van der Waals surface area contributed by atoms with Crippen molar-refractivity contribution in [1.29, 1.82) is 0 Å². The van der Waals surface area contributed by atoms with Crippen molar-refractivity contribution >= 4 is 22.9 Å². The van der Waals surface area contributed by atoms with E-state index in [2.05, 4.69) is 10.6 Å². The van der Waals surface area contributed by atoms with Crippen LogP contribution in [0.25, 0.3) is 10.9 Å². The number of carboxylic acid groups (broad SMARTS) is 1. The topological polar surface area (TPSA) is 105 Å². The van der Waals surface area contributed by atoms with Gasteiger partial charge in [-0.15, -0.1) is 0 Å². The van der Waals surface area contributed by atoms with E-state index in [9.17, 15) is 14.4 Å². The van der Waals surface area contributed by atoms with Gasteiger partial charge in [-0.2, -0.15) is 0 Å². The number of aryl methyl sites for hydroxylation is 3. The van der Waals surface area contributed by atoms with Gasteiger partial charge in [0.25, 0.3) is 11.5 Å². The van der Waals surface area contributed by atoms with E-state index in [0.717, 1.165) is 23.9 Å². The minimum absolute atomic E-state index is 0.222. The fourth-order valence-electron chi connectivity index (χ4n) is 3.96. The van der Waals surface area contributed by atoms with Crippen molar-refractivity contribution in [1.82, 2.24) is 19.8 Å².